The lowest BCUT2D eigenvalue weighted by Gasteiger charge is -2.10. The lowest BCUT2D eigenvalue weighted by molar-refractivity contribution is -0.116. The Bertz CT molecular complexity index is 950. The van der Waals surface area contributed by atoms with Gasteiger partial charge in [0.1, 0.15) is 12.4 Å². The van der Waals surface area contributed by atoms with E-state index in [9.17, 15) is 9.59 Å². The Labute approximate surface area is 157 Å². The van der Waals surface area contributed by atoms with Gasteiger partial charge >= 0.3 is 0 Å². The number of anilines is 1. The first-order valence-electron chi connectivity index (χ1n) is 7.43. The van der Waals surface area contributed by atoms with Gasteiger partial charge in [0.25, 0.3) is 5.56 Å². The number of nitrogens with one attached hydrogen (secondary N) is 1. The Kier molecular flexibility index (Phi) is 5.35. The monoisotopic (exact) mass is 420 g/mol. The van der Waals surface area contributed by atoms with Crippen molar-refractivity contribution in [2.75, 3.05) is 5.32 Å². The molecule has 8 heteroatoms. The standard InChI is InChI=1S/C17H14BrClN4O2/c18-13-3-6-17(25)22(10-13)11-16(24)21-15-7-8-20-23(15)9-12-1-4-14(19)5-2-12/h1-8,10H,9,11H2,(H,21,24). The predicted octanol–water partition coefficient (Wildman–Crippen LogP) is 3.15. The molecule has 25 heavy (non-hydrogen) atoms. The highest BCUT2D eigenvalue weighted by Crippen LogP contribution is 2.13. The molecule has 3 rings (SSSR count). The van der Waals surface area contributed by atoms with Gasteiger partial charge in [-0.25, -0.2) is 4.68 Å². The number of pyridine rings is 1. The second-order valence-corrected chi connectivity index (χ2v) is 6.71. The third kappa shape index (κ3) is 4.58. The van der Waals surface area contributed by atoms with Gasteiger partial charge in [-0.3, -0.25) is 9.59 Å². The number of rotatable bonds is 5. The lowest BCUT2D eigenvalue weighted by Crippen LogP contribution is -2.27. The molecule has 128 valence electrons. The number of aromatic nitrogens is 3. The van der Waals surface area contributed by atoms with Gasteiger partial charge in [0.2, 0.25) is 5.91 Å². The van der Waals surface area contributed by atoms with Crippen molar-refractivity contribution >= 4 is 39.3 Å². The Balaban J connectivity index is 1.70. The summed E-state index contributed by atoms with van der Waals surface area (Å²) in [6.07, 6.45) is 3.18. The summed E-state index contributed by atoms with van der Waals surface area (Å²) in [6, 6.07) is 12.2. The fourth-order valence-electron chi connectivity index (χ4n) is 2.29. The molecule has 0 atom stereocenters. The molecule has 0 radical (unpaired) electrons. The maximum absolute atomic E-state index is 12.2. The molecule has 2 aromatic heterocycles. The molecule has 0 bridgehead atoms. The number of hydrogen-bond donors (Lipinski definition) is 1. The van der Waals surface area contributed by atoms with Crippen LogP contribution in [0, 0.1) is 0 Å². The van der Waals surface area contributed by atoms with Crippen molar-refractivity contribution in [1.82, 2.24) is 14.3 Å². The highest BCUT2D eigenvalue weighted by atomic mass is 79.9. The topological polar surface area (TPSA) is 68.9 Å². The van der Waals surface area contributed by atoms with Gasteiger partial charge in [-0.15, -0.1) is 0 Å². The van der Waals surface area contributed by atoms with Crippen LogP contribution in [0.2, 0.25) is 5.02 Å². The van der Waals surface area contributed by atoms with Gasteiger partial charge in [0.05, 0.1) is 12.7 Å². The van der Waals surface area contributed by atoms with Crippen molar-refractivity contribution in [3.8, 4) is 0 Å². The van der Waals surface area contributed by atoms with Crippen LogP contribution in [0.1, 0.15) is 5.56 Å². The average molecular weight is 422 g/mol. The Morgan fingerprint density at radius 1 is 1.16 bits per heavy atom. The molecule has 1 aromatic carbocycles. The zero-order valence-electron chi connectivity index (χ0n) is 13.0. The van der Waals surface area contributed by atoms with Crippen LogP contribution in [0.15, 0.2) is 64.1 Å². The molecular formula is C17H14BrClN4O2. The molecule has 0 aliphatic carbocycles. The van der Waals surface area contributed by atoms with Crippen molar-refractivity contribution < 1.29 is 4.79 Å². The number of halogens is 2. The zero-order valence-corrected chi connectivity index (χ0v) is 15.4. The van der Waals surface area contributed by atoms with E-state index in [1.807, 2.05) is 12.1 Å². The summed E-state index contributed by atoms with van der Waals surface area (Å²) in [7, 11) is 0. The molecule has 0 unspecified atom stereocenters. The zero-order chi connectivity index (χ0) is 17.8. The Morgan fingerprint density at radius 2 is 1.92 bits per heavy atom. The van der Waals surface area contributed by atoms with Crippen LogP contribution in [-0.2, 0) is 17.9 Å². The highest BCUT2D eigenvalue weighted by Gasteiger charge is 2.09. The van der Waals surface area contributed by atoms with Crippen molar-refractivity contribution in [1.29, 1.82) is 0 Å². The van der Waals surface area contributed by atoms with E-state index in [1.54, 1.807) is 41.3 Å². The highest BCUT2D eigenvalue weighted by molar-refractivity contribution is 9.10. The first-order valence-corrected chi connectivity index (χ1v) is 8.60. The summed E-state index contributed by atoms with van der Waals surface area (Å²) in [5.74, 6) is 0.251. The second kappa shape index (κ2) is 7.67. The van der Waals surface area contributed by atoms with Gasteiger partial charge in [-0.05, 0) is 39.7 Å². The first kappa shape index (κ1) is 17.4. The van der Waals surface area contributed by atoms with E-state index in [-0.39, 0.29) is 18.0 Å². The first-order chi connectivity index (χ1) is 12.0. The summed E-state index contributed by atoms with van der Waals surface area (Å²) in [5.41, 5.74) is 0.764. The van der Waals surface area contributed by atoms with Crippen LogP contribution in [0.4, 0.5) is 5.82 Å². The molecule has 6 nitrogen and oxygen atoms in total. The average Bonchev–Trinajstić information content (AvgIpc) is 3.00. The number of carbonyl (C=O) groups is 1. The van der Waals surface area contributed by atoms with E-state index in [4.69, 9.17) is 11.6 Å². The molecule has 0 spiro atoms. The molecule has 1 amide bonds. The number of nitrogens with zero attached hydrogens (tertiary/aromatic N) is 3. The largest absolute Gasteiger partial charge is 0.309 e. The van der Waals surface area contributed by atoms with Crippen LogP contribution in [0.3, 0.4) is 0 Å². The molecule has 0 aliphatic rings. The van der Waals surface area contributed by atoms with Crippen molar-refractivity contribution in [2.24, 2.45) is 0 Å². The van der Waals surface area contributed by atoms with Crippen molar-refractivity contribution in [3.63, 3.8) is 0 Å². The van der Waals surface area contributed by atoms with E-state index >= 15 is 0 Å². The Hall–Kier alpha value is -2.38. The van der Waals surface area contributed by atoms with E-state index in [0.717, 1.165) is 10.0 Å². The van der Waals surface area contributed by atoms with Crippen molar-refractivity contribution in [3.05, 3.63) is 80.3 Å². The maximum Gasteiger partial charge on any atom is 0.251 e. The Morgan fingerprint density at radius 3 is 2.68 bits per heavy atom. The van der Waals surface area contributed by atoms with Gasteiger partial charge in [0.15, 0.2) is 0 Å². The predicted molar refractivity (Wildman–Crippen MR) is 99.8 cm³/mol. The van der Waals surface area contributed by atoms with Crippen LogP contribution in [0.5, 0.6) is 0 Å². The van der Waals surface area contributed by atoms with Crippen LogP contribution >= 0.6 is 27.5 Å². The number of carbonyl (C=O) groups excluding carboxylic acids is 1. The fraction of sp³-hybridized carbons (Fsp3) is 0.118. The second-order valence-electron chi connectivity index (χ2n) is 5.36. The normalized spacial score (nSPS) is 10.6. The maximum atomic E-state index is 12.2. The SMILES string of the molecule is O=C(Cn1cc(Br)ccc1=O)Nc1ccnn1Cc1ccc(Cl)cc1. The number of benzene rings is 1. The van der Waals surface area contributed by atoms with Crippen LogP contribution < -0.4 is 10.9 Å². The molecule has 2 heterocycles. The van der Waals surface area contributed by atoms with Crippen molar-refractivity contribution in [2.45, 2.75) is 13.1 Å². The molecule has 1 N–H and O–H groups in total. The fourth-order valence-corrected chi connectivity index (χ4v) is 2.80. The van der Waals surface area contributed by atoms with Gasteiger partial charge < -0.3 is 9.88 Å². The van der Waals surface area contributed by atoms with Gasteiger partial charge in [-0.2, -0.15) is 5.10 Å². The van der Waals surface area contributed by atoms with E-state index < -0.39 is 0 Å². The minimum Gasteiger partial charge on any atom is -0.309 e. The summed E-state index contributed by atoms with van der Waals surface area (Å²) >= 11 is 9.17. The summed E-state index contributed by atoms with van der Waals surface area (Å²) in [4.78, 5) is 24.0. The molecular weight excluding hydrogens is 408 g/mol. The minimum absolute atomic E-state index is 0.0790. The third-order valence-corrected chi connectivity index (χ3v) is 4.21. The summed E-state index contributed by atoms with van der Waals surface area (Å²) < 4.78 is 3.73. The number of hydrogen-bond acceptors (Lipinski definition) is 3. The minimum atomic E-state index is -0.307. The van der Waals surface area contributed by atoms with Gasteiger partial charge in [-0.1, -0.05) is 23.7 Å². The summed E-state index contributed by atoms with van der Waals surface area (Å²) in [5, 5.41) is 7.66. The molecule has 0 saturated heterocycles. The molecule has 0 aliphatic heterocycles. The quantitative estimate of drug-likeness (QED) is 0.688. The molecule has 3 aromatic rings. The number of amides is 1. The summed E-state index contributed by atoms with van der Waals surface area (Å²) in [6.45, 7) is 0.418. The third-order valence-electron chi connectivity index (χ3n) is 3.49. The molecule has 0 saturated carbocycles. The van der Waals surface area contributed by atoms with Gasteiger partial charge in [0, 0.05) is 27.8 Å². The van der Waals surface area contributed by atoms with Crippen LogP contribution in [-0.4, -0.2) is 20.3 Å². The van der Waals surface area contributed by atoms with E-state index in [2.05, 4.69) is 26.3 Å². The molecule has 0 fully saturated rings. The van der Waals surface area contributed by atoms with E-state index in [1.165, 1.54) is 10.6 Å². The lowest BCUT2D eigenvalue weighted by atomic mass is 10.2. The smallest absolute Gasteiger partial charge is 0.251 e. The van der Waals surface area contributed by atoms with Crippen LogP contribution in [0.25, 0.3) is 0 Å². The van der Waals surface area contributed by atoms with E-state index in [0.29, 0.717) is 17.4 Å².